The molecule has 1 aromatic carbocycles. The molecule has 4 N–H and O–H groups in total. The third-order valence-electron chi connectivity index (χ3n) is 5.74. The van der Waals surface area contributed by atoms with E-state index >= 15 is 0 Å². The highest BCUT2D eigenvalue weighted by atomic mass is 32.2. The zero-order chi connectivity index (χ0) is 23.3. The first kappa shape index (κ1) is 23.0. The third-order valence-corrected chi connectivity index (χ3v) is 7.01. The molecular weight excluding hydrogens is 444 g/mol. The maximum absolute atomic E-state index is 13.2. The second kappa shape index (κ2) is 10.2. The lowest BCUT2D eigenvalue weighted by Crippen LogP contribution is -2.35. The van der Waals surface area contributed by atoms with E-state index in [1.165, 1.54) is 0 Å². The molecule has 33 heavy (non-hydrogen) atoms. The van der Waals surface area contributed by atoms with Crippen LogP contribution in [0.1, 0.15) is 29.6 Å². The highest BCUT2D eigenvalue weighted by Crippen LogP contribution is 2.31. The number of rotatable bonds is 4. The summed E-state index contributed by atoms with van der Waals surface area (Å²) < 4.78 is 26.8. The number of benzene rings is 1. The fourth-order valence-electron chi connectivity index (χ4n) is 4.03. The number of carbonyl (C=O) groups is 1. The van der Waals surface area contributed by atoms with Crippen LogP contribution >= 0.6 is 0 Å². The number of aliphatic hydroxyl groups excluding tert-OH is 1. The number of anilines is 4. The van der Waals surface area contributed by atoms with Gasteiger partial charge in [-0.3, -0.25) is 9.52 Å². The lowest BCUT2D eigenvalue weighted by Gasteiger charge is -2.34. The van der Waals surface area contributed by atoms with Crippen LogP contribution in [0.2, 0.25) is 0 Å². The Morgan fingerprint density at radius 3 is 2.79 bits per heavy atom. The van der Waals surface area contributed by atoms with Crippen LogP contribution in [0.25, 0.3) is 0 Å². The van der Waals surface area contributed by atoms with Gasteiger partial charge in [-0.05, 0) is 49.4 Å². The predicted molar refractivity (Wildman–Crippen MR) is 128 cm³/mol. The Labute approximate surface area is 193 Å². The molecule has 176 valence electrons. The number of piperidine rings is 1. The van der Waals surface area contributed by atoms with Gasteiger partial charge in [0.05, 0.1) is 29.3 Å². The molecule has 0 atom stereocenters. The maximum Gasteiger partial charge on any atom is 0.258 e. The van der Waals surface area contributed by atoms with Crippen molar-refractivity contribution in [3.63, 3.8) is 0 Å². The van der Waals surface area contributed by atoms with E-state index in [9.17, 15) is 13.2 Å². The van der Waals surface area contributed by atoms with E-state index < -0.39 is 22.4 Å². The smallest absolute Gasteiger partial charge is 0.258 e. The Bertz CT molecular complexity index is 1130. The molecule has 1 aromatic heterocycles. The largest absolute Gasteiger partial charge is 0.395 e. The molecular formula is C22H28N6O4S. The molecule has 1 saturated heterocycles. The SMILES string of the molecule is O=C1Nc2ccnc(n2)NC/C=C/CC2CCN(CC2)c2cc(NS(=O)(=O)CCO)ccc21. The predicted octanol–water partition coefficient (Wildman–Crippen LogP) is 2.05. The summed E-state index contributed by atoms with van der Waals surface area (Å²) in [6.45, 7) is 1.66. The molecule has 1 fully saturated rings. The van der Waals surface area contributed by atoms with Gasteiger partial charge in [0.1, 0.15) is 5.82 Å². The molecule has 0 unspecified atom stereocenters. The first-order valence-electron chi connectivity index (χ1n) is 11.0. The Kier molecular flexibility index (Phi) is 7.09. The van der Waals surface area contributed by atoms with Crippen LogP contribution in [-0.2, 0) is 10.0 Å². The van der Waals surface area contributed by atoms with Crippen LogP contribution in [-0.4, -0.2) is 61.4 Å². The molecule has 0 saturated carbocycles. The number of aromatic nitrogens is 2. The molecule has 5 rings (SSSR count). The number of nitrogens with one attached hydrogen (secondary N) is 3. The highest BCUT2D eigenvalue weighted by Gasteiger charge is 2.24. The molecule has 0 radical (unpaired) electrons. The molecule has 0 spiro atoms. The summed E-state index contributed by atoms with van der Waals surface area (Å²) >= 11 is 0. The van der Waals surface area contributed by atoms with E-state index in [2.05, 4.69) is 42.4 Å². The number of aliphatic hydroxyl groups is 1. The van der Waals surface area contributed by atoms with Gasteiger partial charge in [0.2, 0.25) is 16.0 Å². The van der Waals surface area contributed by atoms with E-state index in [1.807, 2.05) is 0 Å². The van der Waals surface area contributed by atoms with Crippen molar-refractivity contribution >= 4 is 39.1 Å². The van der Waals surface area contributed by atoms with Crippen LogP contribution < -0.4 is 20.3 Å². The van der Waals surface area contributed by atoms with Crippen LogP contribution in [0.4, 0.5) is 23.1 Å². The van der Waals surface area contributed by atoms with Crippen molar-refractivity contribution in [3.05, 3.63) is 48.2 Å². The van der Waals surface area contributed by atoms with E-state index in [1.54, 1.807) is 30.5 Å². The lowest BCUT2D eigenvalue weighted by molar-refractivity contribution is 0.102. The number of nitrogens with zero attached hydrogens (tertiary/aromatic N) is 3. The number of carbonyl (C=O) groups excluding carboxylic acids is 1. The number of hydrogen-bond donors (Lipinski definition) is 4. The normalized spacial score (nSPS) is 18.2. The maximum atomic E-state index is 13.2. The van der Waals surface area contributed by atoms with Gasteiger partial charge in [0.25, 0.3) is 5.91 Å². The topological polar surface area (TPSA) is 137 Å². The molecule has 0 aliphatic carbocycles. The summed E-state index contributed by atoms with van der Waals surface area (Å²) in [5.41, 5.74) is 1.44. The monoisotopic (exact) mass is 472 g/mol. The molecule has 11 heteroatoms. The average Bonchev–Trinajstić information content (AvgIpc) is 2.78. The molecule has 3 aliphatic heterocycles. The summed E-state index contributed by atoms with van der Waals surface area (Å²) in [4.78, 5) is 23.8. The van der Waals surface area contributed by atoms with Gasteiger partial charge in [0, 0.05) is 25.8 Å². The van der Waals surface area contributed by atoms with Gasteiger partial charge in [-0.25, -0.2) is 13.4 Å². The average molecular weight is 473 g/mol. The third kappa shape index (κ3) is 5.99. The highest BCUT2D eigenvalue weighted by molar-refractivity contribution is 7.92. The van der Waals surface area contributed by atoms with E-state index in [4.69, 9.17) is 5.11 Å². The van der Waals surface area contributed by atoms with Crippen molar-refractivity contribution in [3.8, 4) is 0 Å². The van der Waals surface area contributed by atoms with Crippen LogP contribution in [0, 0.1) is 5.92 Å². The van der Waals surface area contributed by atoms with Crippen LogP contribution in [0.15, 0.2) is 42.6 Å². The summed E-state index contributed by atoms with van der Waals surface area (Å²) in [6.07, 6.45) is 8.73. The first-order chi connectivity index (χ1) is 15.9. The minimum absolute atomic E-state index is 0.339. The summed E-state index contributed by atoms with van der Waals surface area (Å²) in [7, 11) is -3.68. The molecule has 10 nitrogen and oxygen atoms in total. The van der Waals surface area contributed by atoms with Gasteiger partial charge < -0.3 is 20.6 Å². The van der Waals surface area contributed by atoms with E-state index in [-0.39, 0.29) is 5.91 Å². The summed E-state index contributed by atoms with van der Waals surface area (Å²) in [5.74, 6) is 0.602. The number of amides is 1. The molecule has 4 bridgehead atoms. The number of fused-ring (bicyclic) bond motifs is 6. The van der Waals surface area contributed by atoms with Crippen molar-refractivity contribution in [2.24, 2.45) is 5.92 Å². The van der Waals surface area contributed by atoms with Gasteiger partial charge >= 0.3 is 0 Å². The van der Waals surface area contributed by atoms with Gasteiger partial charge in [-0.2, -0.15) is 4.98 Å². The van der Waals surface area contributed by atoms with Gasteiger partial charge in [-0.15, -0.1) is 0 Å². The van der Waals surface area contributed by atoms with Gasteiger partial charge in [0.15, 0.2) is 0 Å². The molecule has 2 aromatic rings. The fourth-order valence-corrected chi connectivity index (χ4v) is 4.86. The van der Waals surface area contributed by atoms with Crippen molar-refractivity contribution in [2.75, 3.05) is 52.2 Å². The number of hydrogen-bond acceptors (Lipinski definition) is 8. The van der Waals surface area contributed by atoms with Crippen LogP contribution in [0.3, 0.4) is 0 Å². The Balaban J connectivity index is 1.69. The van der Waals surface area contributed by atoms with Crippen molar-refractivity contribution in [2.45, 2.75) is 19.3 Å². The second-order valence-corrected chi connectivity index (χ2v) is 9.96. The standard InChI is InChI=1S/C22H28N6O4S/c29-13-14-33(31,32)27-17-4-5-18-19(15-17)28-11-7-16(8-12-28)3-1-2-9-23-22-24-10-6-20(26-22)25-21(18)30/h1-2,4-6,10,15-16,27,29H,3,7-9,11-14H2,(H2,23,24,25,26,30)/b2-1+. The van der Waals surface area contributed by atoms with Crippen molar-refractivity contribution in [1.82, 2.24) is 9.97 Å². The van der Waals surface area contributed by atoms with Crippen molar-refractivity contribution in [1.29, 1.82) is 0 Å². The summed E-state index contributed by atoms with van der Waals surface area (Å²) in [6, 6.07) is 6.46. The number of sulfonamides is 1. The molecule has 4 heterocycles. The minimum Gasteiger partial charge on any atom is -0.395 e. The van der Waals surface area contributed by atoms with E-state index in [0.29, 0.717) is 41.2 Å². The lowest BCUT2D eigenvalue weighted by atomic mass is 9.92. The Morgan fingerprint density at radius 1 is 1.18 bits per heavy atom. The minimum atomic E-state index is -3.68. The van der Waals surface area contributed by atoms with Crippen molar-refractivity contribution < 1.29 is 18.3 Å². The zero-order valence-corrected chi connectivity index (χ0v) is 19.0. The second-order valence-electron chi connectivity index (χ2n) is 8.11. The molecule has 3 aliphatic rings. The van der Waals surface area contributed by atoms with E-state index in [0.717, 1.165) is 32.4 Å². The Hall–Kier alpha value is -3.18. The first-order valence-corrected chi connectivity index (χ1v) is 12.6. The van der Waals surface area contributed by atoms with Crippen LogP contribution in [0.5, 0.6) is 0 Å². The number of allylic oxidation sites excluding steroid dienone is 1. The molecule has 1 amide bonds. The Morgan fingerprint density at radius 2 is 2.00 bits per heavy atom. The van der Waals surface area contributed by atoms with Gasteiger partial charge in [-0.1, -0.05) is 12.2 Å². The fraction of sp³-hybridized carbons (Fsp3) is 0.409. The summed E-state index contributed by atoms with van der Waals surface area (Å²) in [5, 5.41) is 15.0. The zero-order valence-electron chi connectivity index (χ0n) is 18.2. The quantitative estimate of drug-likeness (QED) is 0.497.